The number of nitriles is 1. The van der Waals surface area contributed by atoms with Gasteiger partial charge in [0.25, 0.3) is 0 Å². The van der Waals surface area contributed by atoms with Gasteiger partial charge in [-0.25, -0.2) is 0 Å². The zero-order chi connectivity index (χ0) is 13.0. The Hall–Kier alpha value is -1.86. The van der Waals surface area contributed by atoms with Gasteiger partial charge >= 0.3 is 0 Å². The van der Waals surface area contributed by atoms with E-state index in [1.54, 1.807) is 0 Å². The van der Waals surface area contributed by atoms with Crippen LogP contribution in [-0.4, -0.2) is 19.1 Å². The van der Waals surface area contributed by atoms with Gasteiger partial charge in [-0.15, -0.1) is 0 Å². The molecular weight excluding hydrogens is 228 g/mol. The predicted octanol–water partition coefficient (Wildman–Crippen LogP) is 2.25. The molecule has 94 valence electrons. The SMILES string of the molecule is Cc1cccc(NC(=O)C2(C#N)CCOCC2)c1. The molecule has 0 unspecified atom stereocenters. The molecule has 0 atom stereocenters. The third-order valence-electron chi connectivity index (χ3n) is 3.27. The molecule has 1 amide bonds. The van der Waals surface area contributed by atoms with Crippen molar-refractivity contribution < 1.29 is 9.53 Å². The number of ether oxygens (including phenoxy) is 1. The molecule has 1 aliphatic heterocycles. The molecule has 0 saturated carbocycles. The standard InChI is InChI=1S/C14H16N2O2/c1-11-3-2-4-12(9-11)16-13(17)14(10-15)5-7-18-8-6-14/h2-4,9H,5-8H2,1H3,(H,16,17). The fraction of sp³-hybridized carbons (Fsp3) is 0.429. The van der Waals surface area contributed by atoms with E-state index in [2.05, 4.69) is 11.4 Å². The van der Waals surface area contributed by atoms with E-state index in [1.165, 1.54) is 0 Å². The Morgan fingerprint density at radius 2 is 2.17 bits per heavy atom. The fourth-order valence-electron chi connectivity index (χ4n) is 2.08. The lowest BCUT2D eigenvalue weighted by atomic mass is 9.81. The molecule has 2 rings (SSSR count). The van der Waals surface area contributed by atoms with E-state index < -0.39 is 5.41 Å². The average Bonchev–Trinajstić information content (AvgIpc) is 2.39. The second kappa shape index (κ2) is 5.19. The van der Waals surface area contributed by atoms with Crippen LogP contribution in [-0.2, 0) is 9.53 Å². The van der Waals surface area contributed by atoms with Crippen molar-refractivity contribution in [2.45, 2.75) is 19.8 Å². The Kier molecular flexibility index (Phi) is 3.63. The van der Waals surface area contributed by atoms with Crippen molar-refractivity contribution in [3.8, 4) is 6.07 Å². The highest BCUT2D eigenvalue weighted by Crippen LogP contribution is 2.31. The van der Waals surface area contributed by atoms with Crippen LogP contribution < -0.4 is 5.32 Å². The number of nitrogens with one attached hydrogen (secondary N) is 1. The van der Waals surface area contributed by atoms with E-state index >= 15 is 0 Å². The summed E-state index contributed by atoms with van der Waals surface area (Å²) in [5.41, 5.74) is 0.869. The molecule has 1 aromatic rings. The Balaban J connectivity index is 2.13. The maximum Gasteiger partial charge on any atom is 0.245 e. The highest BCUT2D eigenvalue weighted by atomic mass is 16.5. The van der Waals surface area contributed by atoms with Crippen LogP contribution in [0.2, 0.25) is 0 Å². The van der Waals surface area contributed by atoms with E-state index in [-0.39, 0.29) is 5.91 Å². The van der Waals surface area contributed by atoms with Crippen LogP contribution in [0.5, 0.6) is 0 Å². The molecule has 1 N–H and O–H groups in total. The van der Waals surface area contributed by atoms with E-state index in [1.807, 2.05) is 31.2 Å². The van der Waals surface area contributed by atoms with E-state index in [0.717, 1.165) is 11.3 Å². The first kappa shape index (κ1) is 12.6. The summed E-state index contributed by atoms with van der Waals surface area (Å²) >= 11 is 0. The first-order valence-electron chi connectivity index (χ1n) is 6.03. The second-order valence-corrected chi connectivity index (χ2v) is 4.63. The molecule has 1 saturated heterocycles. The summed E-state index contributed by atoms with van der Waals surface area (Å²) in [5.74, 6) is -0.223. The van der Waals surface area contributed by atoms with E-state index in [9.17, 15) is 10.1 Å². The van der Waals surface area contributed by atoms with Crippen molar-refractivity contribution in [3.63, 3.8) is 0 Å². The zero-order valence-corrected chi connectivity index (χ0v) is 10.4. The summed E-state index contributed by atoms with van der Waals surface area (Å²) in [6.45, 7) is 2.90. The highest BCUT2D eigenvalue weighted by Gasteiger charge is 2.40. The number of nitrogens with zero attached hydrogens (tertiary/aromatic N) is 1. The van der Waals surface area contributed by atoms with Crippen molar-refractivity contribution in [1.29, 1.82) is 5.26 Å². The minimum Gasteiger partial charge on any atom is -0.381 e. The molecule has 1 fully saturated rings. The molecule has 0 radical (unpaired) electrons. The number of hydrogen-bond acceptors (Lipinski definition) is 3. The van der Waals surface area contributed by atoms with E-state index in [0.29, 0.717) is 26.1 Å². The zero-order valence-electron chi connectivity index (χ0n) is 10.4. The number of carbonyl (C=O) groups is 1. The fourth-order valence-corrected chi connectivity index (χ4v) is 2.08. The number of rotatable bonds is 2. The molecule has 4 nitrogen and oxygen atoms in total. The van der Waals surface area contributed by atoms with Crippen LogP contribution in [0.15, 0.2) is 24.3 Å². The summed E-state index contributed by atoms with van der Waals surface area (Å²) in [6, 6.07) is 9.73. The molecule has 0 bridgehead atoms. The van der Waals surface area contributed by atoms with Gasteiger partial charge in [-0.1, -0.05) is 12.1 Å². The molecular formula is C14H16N2O2. The number of carbonyl (C=O) groups excluding carboxylic acids is 1. The Labute approximate surface area is 107 Å². The summed E-state index contributed by atoms with van der Waals surface area (Å²) in [5, 5.41) is 12.1. The van der Waals surface area contributed by atoms with Crippen molar-refractivity contribution in [1.82, 2.24) is 0 Å². The van der Waals surface area contributed by atoms with Gasteiger partial charge in [0, 0.05) is 18.9 Å². The minimum absolute atomic E-state index is 0.223. The van der Waals surface area contributed by atoms with Crippen LogP contribution in [0, 0.1) is 23.7 Å². The van der Waals surface area contributed by atoms with Gasteiger partial charge in [0.1, 0.15) is 5.41 Å². The van der Waals surface area contributed by atoms with Crippen LogP contribution in [0.3, 0.4) is 0 Å². The van der Waals surface area contributed by atoms with Gasteiger partial charge in [-0.2, -0.15) is 5.26 Å². The monoisotopic (exact) mass is 244 g/mol. The van der Waals surface area contributed by atoms with Crippen molar-refractivity contribution in [2.75, 3.05) is 18.5 Å². The van der Waals surface area contributed by atoms with Gasteiger partial charge in [-0.05, 0) is 37.5 Å². The molecule has 0 aromatic heterocycles. The summed E-state index contributed by atoms with van der Waals surface area (Å²) < 4.78 is 5.21. The quantitative estimate of drug-likeness (QED) is 0.868. The Morgan fingerprint density at radius 3 is 2.78 bits per heavy atom. The molecule has 1 heterocycles. The van der Waals surface area contributed by atoms with E-state index in [4.69, 9.17) is 4.74 Å². The van der Waals surface area contributed by atoms with Crippen LogP contribution >= 0.6 is 0 Å². The topological polar surface area (TPSA) is 62.1 Å². The first-order valence-corrected chi connectivity index (χ1v) is 6.03. The van der Waals surface area contributed by atoms with Gasteiger partial charge in [0.05, 0.1) is 6.07 Å². The third kappa shape index (κ3) is 2.52. The first-order chi connectivity index (χ1) is 8.66. The van der Waals surface area contributed by atoms with Crippen molar-refractivity contribution in [2.24, 2.45) is 5.41 Å². The van der Waals surface area contributed by atoms with Crippen LogP contribution in [0.25, 0.3) is 0 Å². The second-order valence-electron chi connectivity index (χ2n) is 4.63. The third-order valence-corrected chi connectivity index (χ3v) is 3.27. The number of anilines is 1. The molecule has 1 aromatic carbocycles. The van der Waals surface area contributed by atoms with Crippen molar-refractivity contribution in [3.05, 3.63) is 29.8 Å². The Morgan fingerprint density at radius 1 is 1.44 bits per heavy atom. The lowest BCUT2D eigenvalue weighted by molar-refractivity contribution is -0.126. The minimum atomic E-state index is -0.942. The summed E-state index contributed by atoms with van der Waals surface area (Å²) in [4.78, 5) is 12.2. The molecule has 0 aliphatic carbocycles. The maximum absolute atomic E-state index is 12.2. The number of aryl methyl sites for hydroxylation is 1. The van der Waals surface area contributed by atoms with Crippen LogP contribution in [0.1, 0.15) is 18.4 Å². The number of amides is 1. The average molecular weight is 244 g/mol. The summed E-state index contributed by atoms with van der Waals surface area (Å²) in [6.07, 6.45) is 0.919. The van der Waals surface area contributed by atoms with Gasteiger partial charge < -0.3 is 10.1 Å². The summed E-state index contributed by atoms with van der Waals surface area (Å²) in [7, 11) is 0. The lowest BCUT2D eigenvalue weighted by Crippen LogP contribution is -2.39. The number of benzene rings is 1. The molecule has 4 heteroatoms. The normalized spacial score (nSPS) is 17.8. The smallest absolute Gasteiger partial charge is 0.245 e. The van der Waals surface area contributed by atoms with Crippen LogP contribution in [0.4, 0.5) is 5.69 Å². The van der Waals surface area contributed by atoms with Gasteiger partial charge in [0.2, 0.25) is 5.91 Å². The molecule has 1 aliphatic rings. The van der Waals surface area contributed by atoms with Gasteiger partial charge in [-0.3, -0.25) is 4.79 Å². The lowest BCUT2D eigenvalue weighted by Gasteiger charge is -2.29. The van der Waals surface area contributed by atoms with Gasteiger partial charge in [0.15, 0.2) is 0 Å². The van der Waals surface area contributed by atoms with Crippen molar-refractivity contribution >= 4 is 11.6 Å². The highest BCUT2D eigenvalue weighted by molar-refractivity contribution is 5.97. The predicted molar refractivity (Wildman–Crippen MR) is 67.9 cm³/mol. The molecule has 18 heavy (non-hydrogen) atoms. The molecule has 0 spiro atoms. The Bertz CT molecular complexity index is 485. The largest absolute Gasteiger partial charge is 0.381 e. The maximum atomic E-state index is 12.2. The number of hydrogen-bond donors (Lipinski definition) is 1.